The van der Waals surface area contributed by atoms with Crippen LogP contribution in [0.5, 0.6) is 0 Å². The van der Waals surface area contributed by atoms with Crippen molar-refractivity contribution in [3.8, 4) is 0 Å². The molecule has 0 aliphatic rings. The molecule has 2 aromatic carbocycles. The number of thiazole rings is 1. The molecule has 0 saturated heterocycles. The summed E-state index contributed by atoms with van der Waals surface area (Å²) in [5, 5.41) is 0.429. The van der Waals surface area contributed by atoms with Gasteiger partial charge in [-0.1, -0.05) is 29.0 Å². The van der Waals surface area contributed by atoms with Crippen molar-refractivity contribution in [3.63, 3.8) is 0 Å². The Morgan fingerprint density at radius 1 is 1.24 bits per heavy atom. The molecule has 0 atom stereocenters. The van der Waals surface area contributed by atoms with Crippen molar-refractivity contribution in [2.45, 2.75) is 11.4 Å². The monoisotopic (exact) mass is 400 g/mol. The summed E-state index contributed by atoms with van der Waals surface area (Å²) in [5.74, 6) is -0.435. The van der Waals surface area contributed by atoms with E-state index in [-0.39, 0.29) is 16.2 Å². The first-order chi connectivity index (χ1) is 11.9. The molecule has 25 heavy (non-hydrogen) atoms. The van der Waals surface area contributed by atoms with Crippen molar-refractivity contribution in [3.05, 3.63) is 58.1 Å². The highest BCUT2D eigenvalue weighted by molar-refractivity contribution is 7.90. The molecule has 132 valence electrons. The molecule has 0 bridgehead atoms. The van der Waals surface area contributed by atoms with Gasteiger partial charge in [-0.15, -0.1) is 4.40 Å². The molecule has 9 heteroatoms. The summed E-state index contributed by atoms with van der Waals surface area (Å²) < 4.78 is 50.4. The number of methoxy groups -OCH3 is 1. The fourth-order valence-electron chi connectivity index (χ4n) is 2.31. The van der Waals surface area contributed by atoms with Crippen LogP contribution in [-0.4, -0.2) is 26.7 Å². The van der Waals surface area contributed by atoms with Crippen molar-refractivity contribution in [2.75, 3.05) is 13.7 Å². The standard InChI is InChI=1S/C16H14ClFN2O3S2/c1-23-10-9-20-15-13(18)3-2-4-14(15)24-16(20)19-25(21,22)12-7-5-11(17)6-8-12/h2-8H,9-10H2,1H3/b19-16-. The van der Waals surface area contributed by atoms with E-state index in [0.717, 1.165) is 11.3 Å². The van der Waals surface area contributed by atoms with Crippen LogP contribution in [0.4, 0.5) is 4.39 Å². The number of aromatic nitrogens is 1. The summed E-state index contributed by atoms with van der Waals surface area (Å²) in [6.07, 6.45) is 0. The summed E-state index contributed by atoms with van der Waals surface area (Å²) in [7, 11) is -2.42. The smallest absolute Gasteiger partial charge is 0.285 e. The largest absolute Gasteiger partial charge is 0.383 e. The highest BCUT2D eigenvalue weighted by Gasteiger charge is 2.16. The van der Waals surface area contributed by atoms with Crippen LogP contribution in [0.1, 0.15) is 0 Å². The lowest BCUT2D eigenvalue weighted by molar-refractivity contribution is 0.187. The minimum Gasteiger partial charge on any atom is -0.383 e. The van der Waals surface area contributed by atoms with Crippen LogP contribution in [0.25, 0.3) is 10.2 Å². The van der Waals surface area contributed by atoms with E-state index in [1.807, 2.05) is 0 Å². The third-order valence-electron chi connectivity index (χ3n) is 3.48. The summed E-state index contributed by atoms with van der Waals surface area (Å²) in [4.78, 5) is 0.209. The van der Waals surface area contributed by atoms with Gasteiger partial charge in [0.2, 0.25) is 4.80 Å². The van der Waals surface area contributed by atoms with Crippen molar-refractivity contribution in [1.29, 1.82) is 0 Å². The zero-order valence-corrected chi connectivity index (χ0v) is 15.5. The fraction of sp³-hybridized carbons (Fsp3) is 0.188. The Hall–Kier alpha value is -1.74. The molecule has 1 aromatic heterocycles. The molecular formula is C16H14ClFN2O3S2. The van der Waals surface area contributed by atoms with Gasteiger partial charge in [0, 0.05) is 18.7 Å². The van der Waals surface area contributed by atoms with E-state index in [0.29, 0.717) is 21.8 Å². The van der Waals surface area contributed by atoms with E-state index in [1.54, 1.807) is 12.1 Å². The van der Waals surface area contributed by atoms with Crippen LogP contribution in [0.3, 0.4) is 0 Å². The lowest BCUT2D eigenvalue weighted by Gasteiger charge is -2.05. The van der Waals surface area contributed by atoms with E-state index < -0.39 is 15.8 Å². The molecule has 0 radical (unpaired) electrons. The maximum atomic E-state index is 14.2. The van der Waals surface area contributed by atoms with Crippen LogP contribution in [0.15, 0.2) is 51.8 Å². The van der Waals surface area contributed by atoms with Gasteiger partial charge < -0.3 is 9.30 Å². The molecular weight excluding hydrogens is 387 g/mol. The van der Waals surface area contributed by atoms with E-state index in [1.165, 1.54) is 42.0 Å². The Kier molecular flexibility index (Phi) is 5.24. The zero-order chi connectivity index (χ0) is 18.0. The van der Waals surface area contributed by atoms with Crippen LogP contribution < -0.4 is 4.80 Å². The fourth-order valence-corrected chi connectivity index (χ4v) is 4.71. The van der Waals surface area contributed by atoms with Gasteiger partial charge in [0.25, 0.3) is 10.0 Å². The minimum atomic E-state index is -3.95. The zero-order valence-electron chi connectivity index (χ0n) is 13.1. The number of fused-ring (bicyclic) bond motifs is 1. The second-order valence-corrected chi connectivity index (χ2v) is 8.19. The number of hydrogen-bond donors (Lipinski definition) is 0. The second-order valence-electron chi connectivity index (χ2n) is 5.14. The normalized spacial score (nSPS) is 12.8. The topological polar surface area (TPSA) is 60.7 Å². The summed E-state index contributed by atoms with van der Waals surface area (Å²) in [6, 6.07) is 10.4. The third kappa shape index (κ3) is 3.77. The molecule has 3 aromatic rings. The van der Waals surface area contributed by atoms with E-state index in [9.17, 15) is 12.8 Å². The molecule has 1 heterocycles. The van der Waals surface area contributed by atoms with Gasteiger partial charge in [-0.2, -0.15) is 8.42 Å². The minimum absolute atomic E-state index is 0.0214. The van der Waals surface area contributed by atoms with Gasteiger partial charge in [-0.25, -0.2) is 4.39 Å². The third-order valence-corrected chi connectivity index (χ3v) is 6.17. The number of nitrogens with zero attached hydrogens (tertiary/aromatic N) is 2. The number of benzene rings is 2. The number of ether oxygens (including phenoxy) is 1. The maximum absolute atomic E-state index is 14.2. The highest BCUT2D eigenvalue weighted by atomic mass is 35.5. The molecule has 0 amide bonds. The SMILES string of the molecule is COCCn1/c(=N/S(=O)(=O)c2ccc(Cl)cc2)sc2cccc(F)c21. The van der Waals surface area contributed by atoms with Gasteiger partial charge >= 0.3 is 0 Å². The van der Waals surface area contributed by atoms with Gasteiger partial charge in [0.15, 0.2) is 0 Å². The van der Waals surface area contributed by atoms with Gasteiger partial charge in [0.05, 0.1) is 21.7 Å². The Labute approximate surface area is 153 Å². The Morgan fingerprint density at radius 3 is 2.64 bits per heavy atom. The Morgan fingerprint density at radius 2 is 1.96 bits per heavy atom. The summed E-state index contributed by atoms with van der Waals surface area (Å²) in [5.41, 5.74) is 0.314. The molecule has 0 fully saturated rings. The lowest BCUT2D eigenvalue weighted by Crippen LogP contribution is -2.20. The Balaban J connectivity index is 2.21. The van der Waals surface area contributed by atoms with Crippen LogP contribution in [-0.2, 0) is 21.3 Å². The first-order valence-corrected chi connectivity index (χ1v) is 9.89. The van der Waals surface area contributed by atoms with Gasteiger partial charge in [0.1, 0.15) is 5.82 Å². The summed E-state index contributed by atoms with van der Waals surface area (Å²) in [6.45, 7) is 0.584. The van der Waals surface area contributed by atoms with E-state index in [2.05, 4.69) is 4.40 Å². The van der Waals surface area contributed by atoms with Crippen LogP contribution in [0, 0.1) is 5.82 Å². The highest BCUT2D eigenvalue weighted by Crippen LogP contribution is 2.21. The first kappa shape index (κ1) is 18.1. The number of halogens is 2. The molecule has 5 nitrogen and oxygen atoms in total. The average Bonchev–Trinajstić information content (AvgIpc) is 2.91. The van der Waals surface area contributed by atoms with Gasteiger partial charge in [-0.05, 0) is 36.4 Å². The average molecular weight is 401 g/mol. The lowest BCUT2D eigenvalue weighted by atomic mass is 10.3. The van der Waals surface area contributed by atoms with E-state index in [4.69, 9.17) is 16.3 Å². The van der Waals surface area contributed by atoms with Crippen molar-refractivity contribution in [1.82, 2.24) is 4.57 Å². The van der Waals surface area contributed by atoms with Crippen molar-refractivity contribution < 1.29 is 17.5 Å². The van der Waals surface area contributed by atoms with Crippen molar-refractivity contribution >= 4 is 43.2 Å². The summed E-state index contributed by atoms with van der Waals surface area (Å²) >= 11 is 6.90. The van der Waals surface area contributed by atoms with Crippen LogP contribution in [0.2, 0.25) is 5.02 Å². The number of hydrogen-bond acceptors (Lipinski definition) is 4. The Bertz CT molecular complexity index is 1070. The maximum Gasteiger partial charge on any atom is 0.285 e. The van der Waals surface area contributed by atoms with Gasteiger partial charge in [-0.3, -0.25) is 0 Å². The molecule has 3 rings (SSSR count). The predicted molar refractivity (Wildman–Crippen MR) is 95.8 cm³/mol. The molecule has 0 saturated carbocycles. The molecule has 0 aliphatic heterocycles. The van der Waals surface area contributed by atoms with Crippen LogP contribution >= 0.6 is 22.9 Å². The van der Waals surface area contributed by atoms with Crippen molar-refractivity contribution in [2.24, 2.45) is 4.40 Å². The molecule has 0 N–H and O–H groups in total. The molecule has 0 aliphatic carbocycles. The quantitative estimate of drug-likeness (QED) is 0.659. The number of sulfonamides is 1. The predicted octanol–water partition coefficient (Wildman–Crippen LogP) is 3.43. The molecule has 0 spiro atoms. The van der Waals surface area contributed by atoms with E-state index >= 15 is 0 Å². The first-order valence-electron chi connectivity index (χ1n) is 7.26. The molecule has 0 unspecified atom stereocenters. The second kappa shape index (κ2) is 7.25. The number of rotatable bonds is 5. The number of para-hydroxylation sites is 1.